The second kappa shape index (κ2) is 9.11. The molecule has 0 unspecified atom stereocenters. The van der Waals surface area contributed by atoms with Gasteiger partial charge in [0, 0.05) is 26.2 Å². The minimum absolute atomic E-state index is 0. The molecule has 0 aromatic heterocycles. The zero-order chi connectivity index (χ0) is 21.7. The third-order valence-electron chi connectivity index (χ3n) is 7.60. The van der Waals surface area contributed by atoms with Gasteiger partial charge in [-0.25, -0.2) is 0 Å². The Bertz CT molecular complexity index is 1240. The molecular weight excluding hydrogens is 476 g/mol. The summed E-state index contributed by atoms with van der Waals surface area (Å²) in [6.45, 7) is 4.58. The third-order valence-corrected chi connectivity index (χ3v) is 7.60. The Morgan fingerprint density at radius 2 is 1.15 bits per heavy atom. The first kappa shape index (κ1) is 22.4. The zero-order valence-corrected chi connectivity index (χ0v) is 22.0. The van der Waals surface area contributed by atoms with Crippen molar-refractivity contribution in [1.82, 2.24) is 0 Å². The Labute approximate surface area is 217 Å². The Morgan fingerprint density at radius 1 is 0.606 bits per heavy atom. The number of hydrogen-bond donors (Lipinski definition) is 0. The van der Waals surface area contributed by atoms with Crippen LogP contribution in [0.3, 0.4) is 0 Å². The van der Waals surface area contributed by atoms with Crippen LogP contribution in [0.2, 0.25) is 0 Å². The van der Waals surface area contributed by atoms with E-state index in [0.29, 0.717) is 0 Å². The van der Waals surface area contributed by atoms with E-state index in [2.05, 4.69) is 93.1 Å². The van der Waals surface area contributed by atoms with Crippen molar-refractivity contribution in [3.63, 3.8) is 0 Å². The molecule has 0 bridgehead atoms. The molecule has 4 aromatic carbocycles. The Morgan fingerprint density at radius 3 is 1.79 bits per heavy atom. The van der Waals surface area contributed by atoms with Crippen LogP contribution in [0.4, 0.5) is 0 Å². The molecule has 2 aliphatic carbocycles. The van der Waals surface area contributed by atoms with Crippen LogP contribution in [0.25, 0.3) is 22.3 Å². The Kier molecular flexibility index (Phi) is 6.19. The predicted octanol–water partition coefficient (Wildman–Crippen LogP) is 7.75. The largest absolute Gasteiger partial charge is 0.184 e. The van der Waals surface area contributed by atoms with Crippen molar-refractivity contribution < 1.29 is 26.2 Å². The van der Waals surface area contributed by atoms with Crippen molar-refractivity contribution in [2.24, 2.45) is 0 Å². The maximum atomic E-state index is 2.54. The van der Waals surface area contributed by atoms with E-state index in [4.69, 9.17) is 0 Å². The monoisotopic (exact) mass is 503 g/mol. The summed E-state index contributed by atoms with van der Waals surface area (Å²) in [4.78, 5) is 0. The number of fused-ring (bicyclic) bond motifs is 6. The van der Waals surface area contributed by atoms with E-state index in [1.54, 1.807) is 11.1 Å². The van der Waals surface area contributed by atoms with Crippen LogP contribution in [-0.4, -0.2) is 0 Å². The molecule has 0 N–H and O–H groups in total. The van der Waals surface area contributed by atoms with Gasteiger partial charge in [0.2, 0.25) is 0 Å². The number of aryl methyl sites for hydroxylation is 2. The third kappa shape index (κ3) is 3.66. The summed E-state index contributed by atoms with van der Waals surface area (Å²) < 4.78 is 0. The van der Waals surface area contributed by atoms with Crippen LogP contribution in [0.1, 0.15) is 58.4 Å². The quantitative estimate of drug-likeness (QED) is 0.211. The minimum atomic E-state index is 0. The molecule has 0 atom stereocenters. The summed E-state index contributed by atoms with van der Waals surface area (Å²) in [5.41, 5.74) is 17.8. The van der Waals surface area contributed by atoms with Crippen molar-refractivity contribution in [1.29, 1.82) is 0 Å². The average molecular weight is 505 g/mol. The summed E-state index contributed by atoms with van der Waals surface area (Å²) in [5, 5.41) is 0. The van der Waals surface area contributed by atoms with E-state index in [1.807, 2.05) is 0 Å². The molecule has 2 aliphatic rings. The fourth-order valence-electron chi connectivity index (χ4n) is 5.96. The fraction of sp³-hybridized carbons (Fsp3) is 0.219. The maximum absolute atomic E-state index is 2.54. The van der Waals surface area contributed by atoms with Gasteiger partial charge in [0.15, 0.2) is 0 Å². The van der Waals surface area contributed by atoms with Crippen molar-refractivity contribution in [3.8, 4) is 22.3 Å². The van der Waals surface area contributed by atoms with E-state index < -0.39 is 0 Å². The second-order valence-corrected chi connectivity index (χ2v) is 9.18. The molecule has 162 valence electrons. The number of hydrogen-bond acceptors (Lipinski definition) is 0. The van der Waals surface area contributed by atoms with Crippen LogP contribution in [0.5, 0.6) is 0 Å². The van der Waals surface area contributed by atoms with Gasteiger partial charge in [0.25, 0.3) is 0 Å². The average Bonchev–Trinajstić information content (AvgIpc) is 3.40. The van der Waals surface area contributed by atoms with Crippen molar-refractivity contribution in [3.05, 3.63) is 124 Å². The van der Waals surface area contributed by atoms with Crippen molar-refractivity contribution >= 4 is 0 Å². The first-order valence-corrected chi connectivity index (χ1v) is 12.1. The maximum Gasteiger partial charge on any atom is 0 e. The summed E-state index contributed by atoms with van der Waals surface area (Å²) in [5.74, 6) is 0. The zero-order valence-electron chi connectivity index (χ0n) is 19.5. The molecule has 0 nitrogen and oxygen atoms in total. The van der Waals surface area contributed by atoms with Crippen molar-refractivity contribution in [2.75, 3.05) is 0 Å². The summed E-state index contributed by atoms with van der Waals surface area (Å²) in [7, 11) is 0. The molecule has 0 saturated heterocycles. The molecule has 0 radical (unpaired) electrons. The van der Waals surface area contributed by atoms with Crippen LogP contribution < -0.4 is 0 Å². The normalized spacial score (nSPS) is 12.4. The predicted molar refractivity (Wildman–Crippen MR) is 135 cm³/mol. The van der Waals surface area contributed by atoms with Gasteiger partial charge in [-0.15, -0.1) is 17.2 Å². The van der Waals surface area contributed by atoms with Gasteiger partial charge in [-0.1, -0.05) is 99.0 Å². The molecular formula is C32H29Zr-. The molecule has 4 aromatic rings. The molecule has 33 heavy (non-hydrogen) atoms. The number of rotatable bonds is 5. The van der Waals surface area contributed by atoms with E-state index >= 15 is 0 Å². The van der Waals surface area contributed by atoms with E-state index in [1.165, 1.54) is 55.6 Å². The second-order valence-electron chi connectivity index (χ2n) is 9.18. The van der Waals surface area contributed by atoms with Gasteiger partial charge < -0.3 is 0 Å². The standard InChI is InChI=1S/C32H29.Zr/c1-3-21-13-15-29-25-11-7-5-9-23(25)19-31(29)27(21)17-18-28-22(4-2)14-16-30-26-12-8-6-10-24(26)20-32(28)30;/h5-17H,3-4,18-20H2,1-2H3;/q-1;. The molecule has 0 spiro atoms. The minimum Gasteiger partial charge on any atom is -0.184 e. The Hall–Kier alpha value is -2.37. The molecule has 1 heteroatoms. The van der Waals surface area contributed by atoms with Crippen LogP contribution in [0.15, 0.2) is 72.8 Å². The first-order valence-electron chi connectivity index (χ1n) is 12.1. The SMILES string of the molecule is CCc1ccc2c(c1[CH-]Cc1c(CC)ccc3c1Cc1ccccc1-3)Cc1ccccc1-2.[Zr]. The smallest absolute Gasteiger partial charge is 0 e. The van der Waals surface area contributed by atoms with E-state index in [9.17, 15) is 0 Å². The first-order chi connectivity index (χ1) is 15.8. The van der Waals surface area contributed by atoms with Crippen molar-refractivity contribution in [2.45, 2.75) is 46.0 Å². The van der Waals surface area contributed by atoms with Gasteiger partial charge in [0.05, 0.1) is 0 Å². The van der Waals surface area contributed by atoms with Crippen LogP contribution >= 0.6 is 0 Å². The fourth-order valence-corrected chi connectivity index (χ4v) is 5.96. The molecule has 6 rings (SSSR count). The van der Waals surface area contributed by atoms with Gasteiger partial charge in [-0.2, -0.15) is 12.0 Å². The Balaban J connectivity index is 0.00000228. The molecule has 0 heterocycles. The molecule has 0 amide bonds. The van der Waals surface area contributed by atoms with E-state index in [-0.39, 0.29) is 26.2 Å². The van der Waals surface area contributed by atoms with Crippen LogP contribution in [-0.2, 0) is 58.3 Å². The molecule has 0 fully saturated rings. The summed E-state index contributed by atoms with van der Waals surface area (Å²) >= 11 is 0. The van der Waals surface area contributed by atoms with Gasteiger partial charge in [-0.05, 0) is 63.8 Å². The van der Waals surface area contributed by atoms with Gasteiger partial charge >= 0.3 is 0 Å². The summed E-state index contributed by atoms with van der Waals surface area (Å²) in [6, 6.07) is 27.3. The van der Waals surface area contributed by atoms with E-state index in [0.717, 1.165) is 32.1 Å². The number of benzene rings is 4. The molecule has 0 aliphatic heterocycles. The topological polar surface area (TPSA) is 0 Å². The molecule has 0 saturated carbocycles. The summed E-state index contributed by atoms with van der Waals surface area (Å²) in [6.07, 6.45) is 7.85. The van der Waals surface area contributed by atoms with Gasteiger partial charge in [0.1, 0.15) is 0 Å². The van der Waals surface area contributed by atoms with Crippen LogP contribution in [0, 0.1) is 6.42 Å². The van der Waals surface area contributed by atoms with Gasteiger partial charge in [-0.3, -0.25) is 0 Å².